The van der Waals surface area contributed by atoms with Crippen LogP contribution in [0.5, 0.6) is 0 Å². The van der Waals surface area contributed by atoms with Crippen molar-refractivity contribution in [1.29, 1.82) is 0 Å². The summed E-state index contributed by atoms with van der Waals surface area (Å²) in [6.07, 6.45) is 0. The smallest absolute Gasteiger partial charge is 0.0361 e. The first-order valence-electron chi connectivity index (χ1n) is 19.6. The highest BCUT2D eigenvalue weighted by Gasteiger charge is 2.37. The van der Waals surface area contributed by atoms with Gasteiger partial charge in [-0.15, -0.1) is 11.3 Å². The van der Waals surface area contributed by atoms with Crippen molar-refractivity contribution < 1.29 is 0 Å². The van der Waals surface area contributed by atoms with E-state index in [1.165, 1.54) is 119 Å². The van der Waals surface area contributed by atoms with Crippen molar-refractivity contribution in [3.8, 4) is 44.5 Å². The van der Waals surface area contributed by atoms with Crippen LogP contribution < -0.4 is 0 Å². The van der Waals surface area contributed by atoms with Gasteiger partial charge in [-0.05, 0) is 135 Å². The summed E-state index contributed by atoms with van der Waals surface area (Å²) in [5.74, 6) is 0. The quantitative estimate of drug-likeness (QED) is 0.159. The van der Waals surface area contributed by atoms with Gasteiger partial charge in [-0.3, -0.25) is 0 Å². The van der Waals surface area contributed by atoms with E-state index in [1.54, 1.807) is 0 Å². The van der Waals surface area contributed by atoms with Crippen molar-refractivity contribution in [2.45, 2.75) is 19.3 Å². The van der Waals surface area contributed by atoms with E-state index in [-0.39, 0.29) is 5.41 Å². The van der Waals surface area contributed by atoms with E-state index >= 15 is 0 Å². The number of hydrogen-bond acceptors (Lipinski definition) is 1. The summed E-state index contributed by atoms with van der Waals surface area (Å²) < 4.78 is 2.69. The molecule has 0 fully saturated rings. The van der Waals surface area contributed by atoms with Crippen LogP contribution in [0.4, 0.5) is 0 Å². The van der Waals surface area contributed by atoms with Crippen molar-refractivity contribution in [2.75, 3.05) is 0 Å². The van der Waals surface area contributed by atoms with E-state index < -0.39 is 0 Å². The summed E-state index contributed by atoms with van der Waals surface area (Å²) in [4.78, 5) is 0. The fraction of sp³-hybridized carbons (Fsp3) is 0.0545. The van der Waals surface area contributed by atoms with E-state index in [1.807, 2.05) is 11.3 Å². The average molecular weight is 729 g/mol. The highest BCUT2D eigenvalue weighted by molar-refractivity contribution is 7.25. The van der Waals surface area contributed by atoms with Gasteiger partial charge in [0.1, 0.15) is 0 Å². The summed E-state index contributed by atoms with van der Waals surface area (Å²) in [7, 11) is 0. The Balaban J connectivity index is 1.02. The normalized spacial score (nSPS) is 13.3. The lowest BCUT2D eigenvalue weighted by molar-refractivity contribution is 0.662. The zero-order valence-electron chi connectivity index (χ0n) is 31.2. The summed E-state index contributed by atoms with van der Waals surface area (Å²) in [5, 5.41) is 13.0. The van der Waals surface area contributed by atoms with Gasteiger partial charge >= 0.3 is 0 Å². The van der Waals surface area contributed by atoms with Gasteiger partial charge in [0.25, 0.3) is 0 Å². The Kier molecular flexibility index (Phi) is 6.66. The number of hydrogen-bond donors (Lipinski definition) is 0. The highest BCUT2D eigenvalue weighted by Crippen LogP contribution is 2.54. The van der Waals surface area contributed by atoms with E-state index in [4.69, 9.17) is 0 Å². The van der Waals surface area contributed by atoms with Gasteiger partial charge in [0.05, 0.1) is 0 Å². The molecule has 0 bridgehead atoms. The molecule has 56 heavy (non-hydrogen) atoms. The van der Waals surface area contributed by atoms with Gasteiger partial charge in [0.15, 0.2) is 0 Å². The van der Waals surface area contributed by atoms with E-state index in [0.29, 0.717) is 0 Å². The molecule has 0 saturated carbocycles. The molecule has 12 rings (SSSR count). The van der Waals surface area contributed by atoms with Crippen LogP contribution in [0.1, 0.15) is 25.0 Å². The highest BCUT2D eigenvalue weighted by atomic mass is 32.1. The molecular weight excluding hydrogens is 693 g/mol. The summed E-state index contributed by atoms with van der Waals surface area (Å²) >= 11 is 1.91. The molecule has 0 aliphatic heterocycles. The minimum Gasteiger partial charge on any atom is -0.135 e. The molecule has 0 amide bonds. The molecule has 0 unspecified atom stereocenters. The molecule has 11 aromatic rings. The van der Waals surface area contributed by atoms with Crippen LogP contribution in [0.15, 0.2) is 182 Å². The third-order valence-corrected chi connectivity index (χ3v) is 13.7. The Labute approximate surface area is 329 Å². The Morgan fingerprint density at radius 3 is 1.61 bits per heavy atom. The molecule has 1 aliphatic carbocycles. The van der Waals surface area contributed by atoms with Gasteiger partial charge in [-0.25, -0.2) is 0 Å². The largest absolute Gasteiger partial charge is 0.135 e. The molecule has 1 heterocycles. The van der Waals surface area contributed by atoms with Gasteiger partial charge in [0, 0.05) is 25.6 Å². The zero-order chi connectivity index (χ0) is 37.1. The predicted octanol–water partition coefficient (Wildman–Crippen LogP) is 16.0. The molecule has 0 spiro atoms. The monoisotopic (exact) mass is 728 g/mol. The molecule has 1 aromatic heterocycles. The fourth-order valence-corrected chi connectivity index (χ4v) is 11.0. The van der Waals surface area contributed by atoms with Crippen LogP contribution in [-0.2, 0) is 5.41 Å². The molecule has 10 aromatic carbocycles. The molecule has 262 valence electrons. The molecule has 0 atom stereocenters. The minimum atomic E-state index is -0.0709. The molecule has 0 nitrogen and oxygen atoms in total. The third-order valence-electron chi connectivity index (χ3n) is 12.6. The standard InChI is InChI=1S/C55H36S/c1-55(2)48-26-24-34-13-5-6-17-40(34)54(48)47-32-51-46(31-49(47)55)45-30-37(25-27-50(45)56-51)36-15-11-16-38(29-36)52-41-18-7-9-20-43(41)53(44-21-10-8-19-42(44)52)39-23-22-33-12-3-4-14-35(33)28-39/h3-32H,1-2H3. The Bertz CT molecular complexity index is 3390. The van der Waals surface area contributed by atoms with Crippen molar-refractivity contribution in [3.05, 3.63) is 193 Å². The van der Waals surface area contributed by atoms with Crippen LogP contribution in [0.3, 0.4) is 0 Å². The maximum atomic E-state index is 2.51. The molecule has 1 aliphatic rings. The second-order valence-electron chi connectivity index (χ2n) is 16.0. The Morgan fingerprint density at radius 1 is 0.321 bits per heavy atom. The lowest BCUT2D eigenvalue weighted by atomic mass is 9.81. The van der Waals surface area contributed by atoms with E-state index in [2.05, 4.69) is 196 Å². The molecule has 0 N–H and O–H groups in total. The average Bonchev–Trinajstić information content (AvgIpc) is 3.72. The first-order chi connectivity index (χ1) is 27.5. The summed E-state index contributed by atoms with van der Waals surface area (Å²) in [6, 6.07) is 68.3. The van der Waals surface area contributed by atoms with Crippen LogP contribution in [0, 0.1) is 0 Å². The van der Waals surface area contributed by atoms with Crippen LogP contribution in [0.2, 0.25) is 0 Å². The predicted molar refractivity (Wildman–Crippen MR) is 243 cm³/mol. The van der Waals surface area contributed by atoms with E-state index in [0.717, 1.165) is 0 Å². The van der Waals surface area contributed by atoms with Gasteiger partial charge in [0.2, 0.25) is 0 Å². The first kappa shape index (κ1) is 31.8. The van der Waals surface area contributed by atoms with Crippen molar-refractivity contribution in [1.82, 2.24) is 0 Å². The van der Waals surface area contributed by atoms with Crippen LogP contribution in [0.25, 0.3) is 108 Å². The minimum absolute atomic E-state index is 0.0709. The molecule has 0 radical (unpaired) electrons. The number of benzene rings is 10. The number of thiophene rings is 1. The van der Waals surface area contributed by atoms with Gasteiger partial charge in [-0.2, -0.15) is 0 Å². The third kappa shape index (κ3) is 4.53. The van der Waals surface area contributed by atoms with Crippen LogP contribution >= 0.6 is 11.3 Å². The second kappa shape index (κ2) is 11.7. The maximum absolute atomic E-state index is 2.51. The molecular formula is C55H36S. The maximum Gasteiger partial charge on any atom is 0.0361 e. The second-order valence-corrected chi connectivity index (χ2v) is 17.1. The molecule has 0 saturated heterocycles. The van der Waals surface area contributed by atoms with Gasteiger partial charge in [-0.1, -0.05) is 159 Å². The number of fused-ring (bicyclic) bond motifs is 11. The number of rotatable bonds is 3. The topological polar surface area (TPSA) is 0 Å². The van der Waals surface area contributed by atoms with Gasteiger partial charge < -0.3 is 0 Å². The van der Waals surface area contributed by atoms with Crippen molar-refractivity contribution in [3.63, 3.8) is 0 Å². The SMILES string of the molecule is CC1(C)c2cc3c(cc2-c2c1ccc1ccccc21)sc1ccc(-c2cccc(-c4c5ccccc5c(-c5ccc6ccccc6c5)c5ccccc45)c2)cc13. The van der Waals surface area contributed by atoms with Crippen LogP contribution in [-0.4, -0.2) is 0 Å². The summed E-state index contributed by atoms with van der Waals surface area (Å²) in [5.41, 5.74) is 13.1. The van der Waals surface area contributed by atoms with Crippen molar-refractivity contribution in [2.24, 2.45) is 0 Å². The lowest BCUT2D eigenvalue weighted by Crippen LogP contribution is -2.14. The first-order valence-corrected chi connectivity index (χ1v) is 20.4. The Morgan fingerprint density at radius 2 is 0.875 bits per heavy atom. The molecule has 1 heteroatoms. The van der Waals surface area contributed by atoms with Crippen molar-refractivity contribution >= 4 is 74.6 Å². The summed E-state index contributed by atoms with van der Waals surface area (Å²) in [6.45, 7) is 4.79. The fourth-order valence-electron chi connectivity index (χ4n) is 9.90. The Hall–Kier alpha value is -6.54. The zero-order valence-corrected chi connectivity index (χ0v) is 32.0. The lowest BCUT2D eigenvalue weighted by Gasteiger charge is -2.21. The van der Waals surface area contributed by atoms with E-state index in [9.17, 15) is 0 Å².